The lowest BCUT2D eigenvalue weighted by Crippen LogP contribution is -2.06. The Bertz CT molecular complexity index is 581. The van der Waals surface area contributed by atoms with Gasteiger partial charge in [-0.2, -0.15) is 0 Å². The molecular formula is C15H13ClF2O. The first kappa shape index (κ1) is 14.0. The van der Waals surface area contributed by atoms with Crippen molar-refractivity contribution in [1.82, 2.24) is 0 Å². The molecule has 2 aromatic rings. The van der Waals surface area contributed by atoms with Crippen molar-refractivity contribution < 1.29 is 13.9 Å². The molecule has 0 aliphatic rings. The molecule has 0 aliphatic carbocycles. The van der Waals surface area contributed by atoms with Crippen LogP contribution >= 0.6 is 11.6 Å². The fraction of sp³-hybridized carbons (Fsp3) is 0.200. The summed E-state index contributed by atoms with van der Waals surface area (Å²) < 4.78 is 27.2. The van der Waals surface area contributed by atoms with Gasteiger partial charge < -0.3 is 5.11 Å². The molecule has 1 N–H and O–H groups in total. The molecule has 100 valence electrons. The predicted octanol–water partition coefficient (Wildman–Crippen LogP) is 4.20. The average molecular weight is 283 g/mol. The van der Waals surface area contributed by atoms with Crippen LogP contribution in [0.3, 0.4) is 0 Å². The number of rotatable bonds is 3. The summed E-state index contributed by atoms with van der Waals surface area (Å²) in [7, 11) is 0. The molecular weight excluding hydrogens is 270 g/mol. The SMILES string of the molecule is Cc1ccc(C(O)Cc2ccc(Cl)cc2)c(F)c1F. The highest BCUT2D eigenvalue weighted by atomic mass is 35.5. The molecule has 1 unspecified atom stereocenters. The smallest absolute Gasteiger partial charge is 0.164 e. The minimum absolute atomic E-state index is 0.0296. The maximum absolute atomic E-state index is 13.7. The number of hydrogen-bond donors (Lipinski definition) is 1. The molecule has 0 aromatic heterocycles. The second-order valence-corrected chi connectivity index (χ2v) is 4.88. The van der Waals surface area contributed by atoms with Gasteiger partial charge >= 0.3 is 0 Å². The van der Waals surface area contributed by atoms with Crippen molar-refractivity contribution >= 4 is 11.6 Å². The second kappa shape index (κ2) is 5.68. The van der Waals surface area contributed by atoms with Crippen LogP contribution in [0.2, 0.25) is 5.02 Å². The van der Waals surface area contributed by atoms with Crippen molar-refractivity contribution in [3.8, 4) is 0 Å². The van der Waals surface area contributed by atoms with Crippen molar-refractivity contribution in [3.05, 3.63) is 69.7 Å². The van der Waals surface area contributed by atoms with Crippen molar-refractivity contribution in [2.45, 2.75) is 19.4 Å². The highest BCUT2D eigenvalue weighted by molar-refractivity contribution is 6.30. The van der Waals surface area contributed by atoms with Crippen molar-refractivity contribution in [1.29, 1.82) is 0 Å². The molecule has 0 amide bonds. The third-order valence-electron chi connectivity index (χ3n) is 3.01. The van der Waals surface area contributed by atoms with Gasteiger partial charge in [0, 0.05) is 17.0 Å². The van der Waals surface area contributed by atoms with Crippen LogP contribution in [-0.2, 0) is 6.42 Å². The Hall–Kier alpha value is -1.45. The molecule has 1 atom stereocenters. The standard InChI is InChI=1S/C15H13ClF2O/c1-9-2-7-12(15(18)14(9)17)13(19)8-10-3-5-11(16)6-4-10/h2-7,13,19H,8H2,1H3. The molecule has 0 radical (unpaired) electrons. The van der Waals surface area contributed by atoms with Crippen LogP contribution in [0.4, 0.5) is 8.78 Å². The van der Waals surface area contributed by atoms with Gasteiger partial charge in [0.15, 0.2) is 11.6 Å². The van der Waals surface area contributed by atoms with Gasteiger partial charge in [-0.3, -0.25) is 0 Å². The van der Waals surface area contributed by atoms with Gasteiger partial charge in [-0.15, -0.1) is 0 Å². The van der Waals surface area contributed by atoms with Crippen LogP contribution in [0, 0.1) is 18.6 Å². The summed E-state index contributed by atoms with van der Waals surface area (Å²) in [6, 6.07) is 9.74. The lowest BCUT2D eigenvalue weighted by Gasteiger charge is -2.13. The van der Waals surface area contributed by atoms with Gasteiger partial charge in [-0.05, 0) is 30.2 Å². The summed E-state index contributed by atoms with van der Waals surface area (Å²) in [5.74, 6) is -1.89. The fourth-order valence-electron chi connectivity index (χ4n) is 1.87. The van der Waals surface area contributed by atoms with Crippen LogP contribution in [0.1, 0.15) is 22.8 Å². The number of aliphatic hydroxyl groups excluding tert-OH is 1. The molecule has 0 fully saturated rings. The zero-order valence-corrected chi connectivity index (χ0v) is 11.1. The monoisotopic (exact) mass is 282 g/mol. The minimum atomic E-state index is -1.09. The first-order valence-corrected chi connectivity index (χ1v) is 6.24. The molecule has 0 heterocycles. The van der Waals surface area contributed by atoms with Crippen LogP contribution in [0.15, 0.2) is 36.4 Å². The summed E-state index contributed by atoms with van der Waals surface area (Å²) >= 11 is 5.76. The Kier molecular flexibility index (Phi) is 4.17. The quantitative estimate of drug-likeness (QED) is 0.894. The number of halogens is 3. The molecule has 2 rings (SSSR count). The highest BCUT2D eigenvalue weighted by Crippen LogP contribution is 2.25. The van der Waals surface area contributed by atoms with Crippen LogP contribution < -0.4 is 0 Å². The largest absolute Gasteiger partial charge is 0.388 e. The lowest BCUT2D eigenvalue weighted by molar-refractivity contribution is 0.172. The van der Waals surface area contributed by atoms with Crippen molar-refractivity contribution in [2.24, 2.45) is 0 Å². The molecule has 0 bridgehead atoms. The van der Waals surface area contributed by atoms with E-state index < -0.39 is 17.7 Å². The van der Waals surface area contributed by atoms with Gasteiger partial charge in [0.2, 0.25) is 0 Å². The average Bonchev–Trinajstić information content (AvgIpc) is 2.39. The molecule has 2 aromatic carbocycles. The summed E-state index contributed by atoms with van der Waals surface area (Å²) in [5.41, 5.74) is 0.996. The third-order valence-corrected chi connectivity index (χ3v) is 3.26. The van der Waals surface area contributed by atoms with Crippen LogP contribution in [0.5, 0.6) is 0 Å². The van der Waals surface area contributed by atoms with Gasteiger partial charge in [-0.1, -0.05) is 35.9 Å². The first-order chi connectivity index (χ1) is 8.99. The second-order valence-electron chi connectivity index (χ2n) is 4.45. The van der Waals surface area contributed by atoms with Gasteiger partial charge in [0.1, 0.15) is 0 Å². The molecule has 19 heavy (non-hydrogen) atoms. The number of aliphatic hydroxyl groups is 1. The van der Waals surface area contributed by atoms with E-state index in [1.807, 2.05) is 0 Å². The molecule has 0 saturated heterocycles. The molecule has 0 saturated carbocycles. The number of benzene rings is 2. The molecule has 1 nitrogen and oxygen atoms in total. The van der Waals surface area contributed by atoms with E-state index in [0.29, 0.717) is 5.02 Å². The van der Waals surface area contributed by atoms with E-state index in [-0.39, 0.29) is 17.5 Å². The summed E-state index contributed by atoms with van der Waals surface area (Å²) in [5, 5.41) is 10.6. The molecule has 0 aliphatic heterocycles. The zero-order chi connectivity index (χ0) is 14.0. The highest BCUT2D eigenvalue weighted by Gasteiger charge is 2.17. The van der Waals surface area contributed by atoms with Crippen molar-refractivity contribution in [2.75, 3.05) is 0 Å². The fourth-order valence-corrected chi connectivity index (χ4v) is 2.00. The Balaban J connectivity index is 2.23. The van der Waals surface area contributed by atoms with E-state index >= 15 is 0 Å². The van der Waals surface area contributed by atoms with Crippen molar-refractivity contribution in [3.63, 3.8) is 0 Å². The van der Waals surface area contributed by atoms with E-state index in [9.17, 15) is 13.9 Å². The van der Waals surface area contributed by atoms with Gasteiger partial charge in [0.25, 0.3) is 0 Å². The maximum atomic E-state index is 13.7. The Morgan fingerprint density at radius 2 is 1.68 bits per heavy atom. The number of hydrogen-bond acceptors (Lipinski definition) is 1. The van der Waals surface area contributed by atoms with Crippen LogP contribution in [-0.4, -0.2) is 5.11 Å². The van der Waals surface area contributed by atoms with E-state index in [1.54, 1.807) is 24.3 Å². The summed E-state index contributed by atoms with van der Waals surface area (Å²) in [6.45, 7) is 1.48. The van der Waals surface area contributed by atoms with E-state index in [0.717, 1.165) is 5.56 Å². The summed E-state index contributed by atoms with van der Waals surface area (Å²) in [4.78, 5) is 0. The predicted molar refractivity (Wildman–Crippen MR) is 71.2 cm³/mol. The van der Waals surface area contributed by atoms with E-state index in [1.165, 1.54) is 19.1 Å². The Morgan fingerprint density at radius 1 is 1.05 bits per heavy atom. The Labute approximate surface area is 115 Å². The van der Waals surface area contributed by atoms with E-state index in [4.69, 9.17) is 11.6 Å². The first-order valence-electron chi connectivity index (χ1n) is 5.86. The normalized spacial score (nSPS) is 12.5. The molecule has 4 heteroatoms. The van der Waals surface area contributed by atoms with Gasteiger partial charge in [0.05, 0.1) is 6.10 Å². The van der Waals surface area contributed by atoms with Gasteiger partial charge in [-0.25, -0.2) is 8.78 Å². The van der Waals surface area contributed by atoms with E-state index in [2.05, 4.69) is 0 Å². The zero-order valence-electron chi connectivity index (χ0n) is 10.3. The number of aryl methyl sites for hydroxylation is 1. The van der Waals surface area contributed by atoms with Crippen LogP contribution in [0.25, 0.3) is 0 Å². The molecule has 0 spiro atoms. The third kappa shape index (κ3) is 3.11. The Morgan fingerprint density at radius 3 is 2.32 bits per heavy atom. The maximum Gasteiger partial charge on any atom is 0.164 e. The lowest BCUT2D eigenvalue weighted by atomic mass is 9.99. The summed E-state index contributed by atoms with van der Waals surface area (Å²) in [6.07, 6.45) is -0.882. The topological polar surface area (TPSA) is 20.2 Å². The minimum Gasteiger partial charge on any atom is -0.388 e.